The zero-order valence-corrected chi connectivity index (χ0v) is 20.3. The second kappa shape index (κ2) is 11.1. The van der Waals surface area contributed by atoms with Gasteiger partial charge in [-0.2, -0.15) is 0 Å². The molecule has 1 aliphatic heterocycles. The summed E-state index contributed by atoms with van der Waals surface area (Å²) in [6, 6.07) is 25.5. The van der Waals surface area contributed by atoms with Gasteiger partial charge in [0.2, 0.25) is 0 Å². The third-order valence-corrected chi connectivity index (χ3v) is 6.61. The molecule has 3 aromatic carbocycles. The highest BCUT2D eigenvalue weighted by Gasteiger charge is 2.35. The summed E-state index contributed by atoms with van der Waals surface area (Å²) in [6.07, 6.45) is 1.77. The molecule has 0 atom stereocenters. The number of rotatable bonds is 9. The predicted octanol–water partition coefficient (Wildman–Crippen LogP) is 6.35. The van der Waals surface area contributed by atoms with Crippen molar-refractivity contribution in [2.75, 3.05) is 18.0 Å². The van der Waals surface area contributed by atoms with Crippen LogP contribution in [0.2, 0.25) is 0 Å². The van der Waals surface area contributed by atoms with Crippen molar-refractivity contribution < 1.29 is 14.3 Å². The van der Waals surface area contributed by atoms with Crippen LogP contribution in [0, 0.1) is 0 Å². The highest BCUT2D eigenvalue weighted by Crippen LogP contribution is 2.36. The van der Waals surface area contributed by atoms with Gasteiger partial charge in [0.15, 0.2) is 0 Å². The summed E-state index contributed by atoms with van der Waals surface area (Å²) in [5.41, 5.74) is 3.81. The van der Waals surface area contributed by atoms with Crippen molar-refractivity contribution in [1.82, 2.24) is 4.90 Å². The molecular formula is C28H28N2O3S. The lowest BCUT2D eigenvalue weighted by Crippen LogP contribution is -2.27. The van der Waals surface area contributed by atoms with Gasteiger partial charge in [-0.25, -0.2) is 0 Å². The van der Waals surface area contributed by atoms with E-state index in [1.54, 1.807) is 6.08 Å². The molecule has 3 aromatic rings. The van der Waals surface area contributed by atoms with E-state index < -0.39 is 0 Å². The smallest absolute Gasteiger partial charge is 0.293 e. The molecule has 1 aliphatic rings. The standard InChI is InChI=1S/C28H28N2O3S/c1-3-29(4-2)24-16-15-23(25(18-24)33-20-22-13-9-6-10-14-22)17-26-27(31)30(28(32)34-26)19-21-11-7-5-8-12-21/h5-18H,3-4,19-20H2,1-2H3/b26-17-. The van der Waals surface area contributed by atoms with Gasteiger partial charge in [-0.15, -0.1) is 0 Å². The van der Waals surface area contributed by atoms with E-state index in [-0.39, 0.29) is 17.7 Å². The van der Waals surface area contributed by atoms with Gasteiger partial charge < -0.3 is 9.64 Å². The number of thioether (sulfide) groups is 1. The minimum atomic E-state index is -0.277. The fraction of sp³-hybridized carbons (Fsp3) is 0.214. The molecule has 6 heteroatoms. The maximum absolute atomic E-state index is 13.1. The van der Waals surface area contributed by atoms with Crippen LogP contribution in [0.3, 0.4) is 0 Å². The number of benzene rings is 3. The molecule has 0 unspecified atom stereocenters. The fourth-order valence-corrected chi connectivity index (χ4v) is 4.66. The Morgan fingerprint density at radius 2 is 1.53 bits per heavy atom. The lowest BCUT2D eigenvalue weighted by atomic mass is 10.1. The summed E-state index contributed by atoms with van der Waals surface area (Å²) >= 11 is 0.971. The largest absolute Gasteiger partial charge is 0.488 e. The van der Waals surface area contributed by atoms with E-state index in [0.29, 0.717) is 17.3 Å². The van der Waals surface area contributed by atoms with Gasteiger partial charge in [0.1, 0.15) is 12.4 Å². The molecule has 0 aliphatic carbocycles. The van der Waals surface area contributed by atoms with Crippen molar-refractivity contribution in [3.05, 3.63) is 100 Å². The number of carbonyl (C=O) groups is 2. The zero-order chi connectivity index (χ0) is 23.9. The average Bonchev–Trinajstić information content (AvgIpc) is 3.13. The van der Waals surface area contributed by atoms with Crippen molar-refractivity contribution in [2.24, 2.45) is 0 Å². The number of hydrogen-bond acceptors (Lipinski definition) is 5. The molecular weight excluding hydrogens is 444 g/mol. The molecule has 0 aromatic heterocycles. The molecule has 1 fully saturated rings. The van der Waals surface area contributed by atoms with E-state index in [0.717, 1.165) is 47.2 Å². The summed E-state index contributed by atoms with van der Waals surface area (Å²) in [6.45, 7) is 6.67. The lowest BCUT2D eigenvalue weighted by Gasteiger charge is -2.22. The Hall–Kier alpha value is -3.51. The predicted molar refractivity (Wildman–Crippen MR) is 139 cm³/mol. The third kappa shape index (κ3) is 5.51. The lowest BCUT2D eigenvalue weighted by molar-refractivity contribution is -0.123. The average molecular weight is 473 g/mol. The van der Waals surface area contributed by atoms with Crippen molar-refractivity contribution in [3.8, 4) is 5.75 Å². The maximum atomic E-state index is 13.1. The summed E-state index contributed by atoms with van der Waals surface area (Å²) in [5.74, 6) is 0.406. The van der Waals surface area contributed by atoms with Crippen LogP contribution in [0.4, 0.5) is 10.5 Å². The highest BCUT2D eigenvalue weighted by atomic mass is 32.2. The summed E-state index contributed by atoms with van der Waals surface area (Å²) < 4.78 is 6.21. The second-order valence-electron chi connectivity index (χ2n) is 7.92. The van der Waals surface area contributed by atoms with Crippen LogP contribution in [0.1, 0.15) is 30.5 Å². The van der Waals surface area contributed by atoms with Crippen LogP contribution in [-0.4, -0.2) is 29.1 Å². The Morgan fingerprint density at radius 3 is 2.18 bits per heavy atom. The summed E-state index contributed by atoms with van der Waals surface area (Å²) in [5, 5.41) is -0.258. The molecule has 34 heavy (non-hydrogen) atoms. The van der Waals surface area contributed by atoms with E-state index >= 15 is 0 Å². The number of hydrogen-bond donors (Lipinski definition) is 0. The van der Waals surface area contributed by atoms with Crippen LogP contribution in [0.5, 0.6) is 5.75 Å². The molecule has 1 heterocycles. The van der Waals surface area contributed by atoms with Gasteiger partial charge in [-0.05, 0) is 54.9 Å². The van der Waals surface area contributed by atoms with Crippen LogP contribution < -0.4 is 9.64 Å². The van der Waals surface area contributed by atoms with Crippen molar-refractivity contribution in [2.45, 2.75) is 27.0 Å². The van der Waals surface area contributed by atoms with E-state index in [1.165, 1.54) is 4.90 Å². The highest BCUT2D eigenvalue weighted by molar-refractivity contribution is 8.18. The first kappa shape index (κ1) is 23.6. The Kier molecular flexibility index (Phi) is 7.70. The van der Waals surface area contributed by atoms with E-state index in [9.17, 15) is 9.59 Å². The van der Waals surface area contributed by atoms with E-state index in [4.69, 9.17) is 4.74 Å². The number of imide groups is 1. The quantitative estimate of drug-likeness (QED) is 0.340. The molecule has 0 N–H and O–H groups in total. The molecule has 0 spiro atoms. The van der Waals surface area contributed by atoms with Crippen LogP contribution in [0.25, 0.3) is 6.08 Å². The van der Waals surface area contributed by atoms with Crippen LogP contribution >= 0.6 is 11.8 Å². The molecule has 174 valence electrons. The Morgan fingerprint density at radius 1 is 0.882 bits per heavy atom. The van der Waals surface area contributed by atoms with Gasteiger partial charge in [0, 0.05) is 30.4 Å². The fourth-order valence-electron chi connectivity index (χ4n) is 3.83. The van der Waals surface area contributed by atoms with Crippen LogP contribution in [-0.2, 0) is 17.9 Å². The molecule has 0 bridgehead atoms. The zero-order valence-electron chi connectivity index (χ0n) is 19.4. The number of ether oxygens (including phenoxy) is 1. The third-order valence-electron chi connectivity index (χ3n) is 5.71. The molecule has 4 rings (SSSR count). The topological polar surface area (TPSA) is 49.9 Å². The first-order chi connectivity index (χ1) is 16.6. The van der Waals surface area contributed by atoms with Gasteiger partial charge in [0.25, 0.3) is 11.1 Å². The number of nitrogens with zero attached hydrogens (tertiary/aromatic N) is 2. The minimum absolute atomic E-state index is 0.258. The van der Waals surface area contributed by atoms with Gasteiger partial charge in [-0.3, -0.25) is 14.5 Å². The van der Waals surface area contributed by atoms with Crippen molar-refractivity contribution in [3.63, 3.8) is 0 Å². The second-order valence-corrected chi connectivity index (χ2v) is 8.92. The molecule has 0 saturated carbocycles. The Bertz CT molecular complexity index is 1170. The van der Waals surface area contributed by atoms with E-state index in [1.807, 2.05) is 78.9 Å². The van der Waals surface area contributed by atoms with Crippen LogP contribution in [0.15, 0.2) is 83.8 Å². The van der Waals surface area contributed by atoms with Crippen molar-refractivity contribution in [1.29, 1.82) is 0 Å². The first-order valence-electron chi connectivity index (χ1n) is 11.4. The number of anilines is 1. The number of amides is 2. The summed E-state index contributed by atoms with van der Waals surface area (Å²) in [4.78, 5) is 29.6. The molecule has 5 nitrogen and oxygen atoms in total. The van der Waals surface area contributed by atoms with E-state index in [2.05, 4.69) is 18.7 Å². The molecule has 2 amide bonds. The minimum Gasteiger partial charge on any atom is -0.488 e. The normalized spacial score (nSPS) is 14.6. The maximum Gasteiger partial charge on any atom is 0.293 e. The Labute approximate surface area is 205 Å². The number of carbonyl (C=O) groups excluding carboxylic acids is 2. The SMILES string of the molecule is CCN(CC)c1ccc(/C=C2\SC(=O)N(Cc3ccccc3)C2=O)c(OCc2ccccc2)c1. The van der Waals surface area contributed by atoms with Gasteiger partial charge in [0.05, 0.1) is 11.4 Å². The monoisotopic (exact) mass is 472 g/mol. The molecule has 1 saturated heterocycles. The van der Waals surface area contributed by atoms with Gasteiger partial charge in [-0.1, -0.05) is 60.7 Å². The van der Waals surface area contributed by atoms with Crippen molar-refractivity contribution >= 4 is 34.7 Å². The molecule has 0 radical (unpaired) electrons. The van der Waals surface area contributed by atoms with Gasteiger partial charge >= 0.3 is 0 Å². The summed E-state index contributed by atoms with van der Waals surface area (Å²) in [7, 11) is 0. The first-order valence-corrected chi connectivity index (χ1v) is 12.3. The Balaban J connectivity index is 1.61.